The summed E-state index contributed by atoms with van der Waals surface area (Å²) in [6.07, 6.45) is 5.81. The number of anilines is 1. The largest absolute Gasteiger partial charge is 0.497 e. The monoisotopic (exact) mass is 351 g/mol. The SMILES string of the molecule is COc1ccc(CN2CC3CC=CC3c3cc(OC)ccc32)c(OC)c1. The normalized spacial score (nSPS) is 20.5. The molecular formula is C22H25NO3. The summed E-state index contributed by atoms with van der Waals surface area (Å²) in [7, 11) is 5.12. The Morgan fingerprint density at radius 1 is 0.962 bits per heavy atom. The first-order valence-electron chi connectivity index (χ1n) is 9.04. The van der Waals surface area contributed by atoms with Crippen LogP contribution in [0.2, 0.25) is 0 Å². The summed E-state index contributed by atoms with van der Waals surface area (Å²) in [5, 5.41) is 0. The summed E-state index contributed by atoms with van der Waals surface area (Å²) in [6, 6.07) is 12.5. The minimum atomic E-state index is 0.495. The molecule has 1 heterocycles. The van der Waals surface area contributed by atoms with Crippen LogP contribution in [0.4, 0.5) is 5.69 Å². The van der Waals surface area contributed by atoms with Crippen molar-refractivity contribution in [2.75, 3.05) is 32.8 Å². The summed E-state index contributed by atoms with van der Waals surface area (Å²) in [5.74, 6) is 3.72. The summed E-state index contributed by atoms with van der Waals surface area (Å²) in [4.78, 5) is 2.47. The van der Waals surface area contributed by atoms with Crippen LogP contribution in [0.5, 0.6) is 17.2 Å². The average molecular weight is 351 g/mol. The van der Waals surface area contributed by atoms with Crippen molar-refractivity contribution in [3.63, 3.8) is 0 Å². The maximum Gasteiger partial charge on any atom is 0.127 e. The Bertz CT molecular complexity index is 830. The van der Waals surface area contributed by atoms with Gasteiger partial charge in [-0.15, -0.1) is 0 Å². The molecule has 4 heteroatoms. The van der Waals surface area contributed by atoms with Crippen LogP contribution in [0.25, 0.3) is 0 Å². The van der Waals surface area contributed by atoms with Gasteiger partial charge >= 0.3 is 0 Å². The van der Waals surface area contributed by atoms with Crippen LogP contribution in [-0.4, -0.2) is 27.9 Å². The highest BCUT2D eigenvalue weighted by atomic mass is 16.5. The molecule has 1 aliphatic heterocycles. The predicted molar refractivity (Wildman–Crippen MR) is 104 cm³/mol. The third-order valence-corrected chi connectivity index (χ3v) is 5.53. The van der Waals surface area contributed by atoms with E-state index in [0.717, 1.165) is 36.8 Å². The first-order chi connectivity index (χ1) is 12.7. The molecule has 2 unspecified atom stereocenters. The quantitative estimate of drug-likeness (QED) is 0.748. The van der Waals surface area contributed by atoms with E-state index in [1.165, 1.54) is 16.8 Å². The van der Waals surface area contributed by atoms with Crippen molar-refractivity contribution >= 4 is 5.69 Å². The van der Waals surface area contributed by atoms with Gasteiger partial charge in [0.25, 0.3) is 0 Å². The van der Waals surface area contributed by atoms with Gasteiger partial charge in [-0.2, -0.15) is 0 Å². The van der Waals surface area contributed by atoms with Crippen molar-refractivity contribution in [2.24, 2.45) is 5.92 Å². The molecule has 26 heavy (non-hydrogen) atoms. The zero-order chi connectivity index (χ0) is 18.1. The van der Waals surface area contributed by atoms with E-state index in [2.05, 4.69) is 41.3 Å². The lowest BCUT2D eigenvalue weighted by molar-refractivity contribution is 0.389. The lowest BCUT2D eigenvalue weighted by Crippen LogP contribution is -2.35. The van der Waals surface area contributed by atoms with Crippen LogP contribution in [0, 0.1) is 5.92 Å². The van der Waals surface area contributed by atoms with E-state index < -0.39 is 0 Å². The fraction of sp³-hybridized carbons (Fsp3) is 0.364. The zero-order valence-electron chi connectivity index (χ0n) is 15.6. The van der Waals surface area contributed by atoms with Crippen LogP contribution in [0.15, 0.2) is 48.6 Å². The van der Waals surface area contributed by atoms with Gasteiger partial charge in [0.2, 0.25) is 0 Å². The Kier molecular flexibility index (Phi) is 4.49. The summed E-state index contributed by atoms with van der Waals surface area (Å²) < 4.78 is 16.4. The van der Waals surface area contributed by atoms with Gasteiger partial charge in [-0.05, 0) is 48.2 Å². The van der Waals surface area contributed by atoms with E-state index in [1.807, 2.05) is 12.1 Å². The predicted octanol–water partition coefficient (Wildman–Crippen LogP) is 4.39. The maximum atomic E-state index is 5.60. The molecular weight excluding hydrogens is 326 g/mol. The van der Waals surface area contributed by atoms with Gasteiger partial charge in [-0.25, -0.2) is 0 Å². The molecule has 0 aromatic heterocycles. The van der Waals surface area contributed by atoms with Gasteiger partial charge < -0.3 is 19.1 Å². The van der Waals surface area contributed by atoms with Gasteiger partial charge in [-0.1, -0.05) is 12.2 Å². The summed E-state index contributed by atoms with van der Waals surface area (Å²) >= 11 is 0. The van der Waals surface area contributed by atoms with Crippen molar-refractivity contribution < 1.29 is 14.2 Å². The third kappa shape index (κ3) is 2.90. The molecule has 0 fully saturated rings. The summed E-state index contributed by atoms with van der Waals surface area (Å²) in [5.41, 5.74) is 3.82. The topological polar surface area (TPSA) is 30.9 Å². The van der Waals surface area contributed by atoms with E-state index in [0.29, 0.717) is 11.8 Å². The van der Waals surface area contributed by atoms with Crippen molar-refractivity contribution in [2.45, 2.75) is 18.9 Å². The highest BCUT2D eigenvalue weighted by Gasteiger charge is 2.34. The smallest absolute Gasteiger partial charge is 0.127 e. The maximum absolute atomic E-state index is 5.60. The van der Waals surface area contributed by atoms with E-state index >= 15 is 0 Å². The molecule has 2 aromatic carbocycles. The minimum Gasteiger partial charge on any atom is -0.497 e. The molecule has 4 nitrogen and oxygen atoms in total. The van der Waals surface area contributed by atoms with E-state index in [1.54, 1.807) is 21.3 Å². The van der Waals surface area contributed by atoms with Crippen LogP contribution in [-0.2, 0) is 6.54 Å². The van der Waals surface area contributed by atoms with E-state index in [-0.39, 0.29) is 0 Å². The molecule has 1 aliphatic carbocycles. The highest BCUT2D eigenvalue weighted by molar-refractivity contribution is 5.62. The second-order valence-electron chi connectivity index (χ2n) is 6.93. The number of hydrogen-bond donors (Lipinski definition) is 0. The number of hydrogen-bond acceptors (Lipinski definition) is 4. The number of fused-ring (bicyclic) bond motifs is 3. The zero-order valence-corrected chi connectivity index (χ0v) is 15.6. The van der Waals surface area contributed by atoms with Gasteiger partial charge in [0.15, 0.2) is 0 Å². The van der Waals surface area contributed by atoms with Gasteiger partial charge in [0, 0.05) is 36.3 Å². The Labute approximate surface area is 155 Å². The average Bonchev–Trinajstić information content (AvgIpc) is 3.16. The molecule has 0 N–H and O–H groups in total. The van der Waals surface area contributed by atoms with E-state index in [9.17, 15) is 0 Å². The molecule has 0 bridgehead atoms. The highest BCUT2D eigenvalue weighted by Crippen LogP contribution is 2.46. The van der Waals surface area contributed by atoms with Gasteiger partial charge in [0.05, 0.1) is 21.3 Å². The molecule has 0 saturated carbocycles. The number of benzene rings is 2. The number of nitrogens with zero attached hydrogens (tertiary/aromatic N) is 1. The Morgan fingerprint density at radius 3 is 2.50 bits per heavy atom. The van der Waals surface area contributed by atoms with Crippen LogP contribution in [0.1, 0.15) is 23.5 Å². The van der Waals surface area contributed by atoms with Crippen molar-refractivity contribution in [1.29, 1.82) is 0 Å². The molecule has 136 valence electrons. The van der Waals surface area contributed by atoms with Crippen LogP contribution >= 0.6 is 0 Å². The van der Waals surface area contributed by atoms with Crippen molar-refractivity contribution in [3.8, 4) is 17.2 Å². The number of allylic oxidation sites excluding steroid dienone is 2. The van der Waals surface area contributed by atoms with Crippen LogP contribution in [0.3, 0.4) is 0 Å². The molecule has 0 amide bonds. The standard InChI is InChI=1S/C22H25NO3/c1-24-17-9-10-21-20(11-17)19-6-4-5-15(19)13-23(21)14-16-7-8-18(25-2)12-22(16)26-3/h4,6-12,15,19H,5,13-14H2,1-3H3. The minimum absolute atomic E-state index is 0.495. The molecule has 2 aliphatic rings. The number of methoxy groups -OCH3 is 3. The molecule has 0 saturated heterocycles. The molecule has 2 aromatic rings. The first kappa shape index (κ1) is 16.8. The Balaban J connectivity index is 1.69. The molecule has 0 spiro atoms. The Morgan fingerprint density at radius 2 is 1.73 bits per heavy atom. The molecule has 2 atom stereocenters. The number of rotatable bonds is 5. The van der Waals surface area contributed by atoms with Crippen molar-refractivity contribution in [1.82, 2.24) is 0 Å². The molecule has 4 rings (SSSR count). The second kappa shape index (κ2) is 6.94. The second-order valence-corrected chi connectivity index (χ2v) is 6.93. The fourth-order valence-electron chi connectivity index (χ4n) is 4.18. The third-order valence-electron chi connectivity index (χ3n) is 5.53. The fourth-order valence-corrected chi connectivity index (χ4v) is 4.18. The lowest BCUT2D eigenvalue weighted by atomic mass is 9.83. The Hall–Kier alpha value is -2.62. The summed E-state index contributed by atoms with van der Waals surface area (Å²) in [6.45, 7) is 1.86. The van der Waals surface area contributed by atoms with Gasteiger partial charge in [-0.3, -0.25) is 0 Å². The van der Waals surface area contributed by atoms with Crippen molar-refractivity contribution in [3.05, 3.63) is 59.7 Å². The molecule has 0 radical (unpaired) electrons. The van der Waals surface area contributed by atoms with Gasteiger partial charge in [0.1, 0.15) is 17.2 Å². The van der Waals surface area contributed by atoms with Crippen LogP contribution < -0.4 is 19.1 Å². The number of ether oxygens (including phenoxy) is 3. The first-order valence-corrected chi connectivity index (χ1v) is 9.04. The lowest BCUT2D eigenvalue weighted by Gasteiger charge is -2.38. The van der Waals surface area contributed by atoms with E-state index in [4.69, 9.17) is 14.2 Å².